The standard InChI is InChI=1S/C18F36O/c19-1(55)2(20,21)3(22,23)4(24,25)5(26,27)6(28,29)7(30,31)8(32,33)9(34,35)10(36,37)11(38,39)12(40,41)13(42,43)14(44,45)15(46,47)16(48,49)17(50,51)18(52,53)54. The highest BCUT2D eigenvalue weighted by Gasteiger charge is 3.02. The van der Waals surface area contributed by atoms with Crippen molar-refractivity contribution in [2.45, 2.75) is 101 Å². The molecule has 0 N–H and O–H groups in total. The molecule has 0 saturated heterocycles. The SMILES string of the molecule is O=C(F)C(F)(F)C(F)(F)C(F)(F)C(F)(F)C(F)(F)C(F)(F)C(F)(F)C(F)(F)C(F)(F)C(F)(F)C(F)(F)C(F)(F)C(F)(F)C(F)(F)C(F)(F)C(F)(F)C(F)(F)F. The van der Waals surface area contributed by atoms with Crippen molar-refractivity contribution in [2.75, 3.05) is 0 Å². The average Bonchev–Trinajstić information content (AvgIpc) is 2.94. The van der Waals surface area contributed by atoms with E-state index in [-0.39, 0.29) is 0 Å². The Morgan fingerprint density at radius 3 is 0.418 bits per heavy atom. The van der Waals surface area contributed by atoms with E-state index in [1.807, 2.05) is 0 Å². The molecule has 0 spiro atoms. The van der Waals surface area contributed by atoms with Gasteiger partial charge in [-0.1, -0.05) is 0 Å². The molecule has 0 unspecified atom stereocenters. The molecule has 1 nitrogen and oxygen atoms in total. The lowest BCUT2D eigenvalue weighted by molar-refractivity contribution is -0.492. The molecule has 37 heteroatoms. The molecule has 0 bridgehead atoms. The monoisotopic (exact) mass is 916 g/mol. The number of hydrogen-bond acceptors (Lipinski definition) is 1. The van der Waals surface area contributed by atoms with Gasteiger partial charge in [0.25, 0.3) is 0 Å². The number of halogens is 36. The summed E-state index contributed by atoms with van der Waals surface area (Å²) >= 11 is 0. The summed E-state index contributed by atoms with van der Waals surface area (Å²) in [5, 5.41) is 0. The summed E-state index contributed by atoms with van der Waals surface area (Å²) < 4.78 is 479. The molecule has 55 heavy (non-hydrogen) atoms. The van der Waals surface area contributed by atoms with Crippen LogP contribution in [0.1, 0.15) is 0 Å². The van der Waals surface area contributed by atoms with Crippen LogP contribution in [0.2, 0.25) is 0 Å². The summed E-state index contributed by atoms with van der Waals surface area (Å²) in [6.45, 7) is 0. The minimum absolute atomic E-state index is 5.37. The van der Waals surface area contributed by atoms with Gasteiger partial charge in [0, 0.05) is 0 Å². The van der Waals surface area contributed by atoms with Crippen molar-refractivity contribution in [3.05, 3.63) is 0 Å². The number of carbonyl (C=O) groups is 1. The maximum Gasteiger partial charge on any atom is 0.460 e. The van der Waals surface area contributed by atoms with Crippen molar-refractivity contribution < 1.29 is 163 Å². The summed E-state index contributed by atoms with van der Waals surface area (Å²) in [6.07, 6.45) is -8.45. The van der Waals surface area contributed by atoms with Crippen molar-refractivity contribution in [2.24, 2.45) is 0 Å². The number of hydrogen-bond donors (Lipinski definition) is 0. The van der Waals surface area contributed by atoms with Gasteiger partial charge in [0.1, 0.15) is 0 Å². The van der Waals surface area contributed by atoms with Crippen molar-refractivity contribution in [1.29, 1.82) is 0 Å². The predicted octanol–water partition coefficient (Wildman–Crippen LogP) is 11.2. The van der Waals surface area contributed by atoms with E-state index < -0.39 is 107 Å². The summed E-state index contributed by atoms with van der Waals surface area (Å²) in [6, 6.07) is -5.37. The maximum atomic E-state index is 13.8. The Hall–Kier alpha value is -2.85. The predicted molar refractivity (Wildman–Crippen MR) is 91.3 cm³/mol. The lowest BCUT2D eigenvalue weighted by Crippen LogP contribution is -2.80. The molecular weight excluding hydrogens is 916 g/mol. The molecule has 0 rings (SSSR count). The number of carbonyl (C=O) groups excluding carboxylic acids is 1. The van der Waals surface area contributed by atoms with Crippen molar-refractivity contribution in [3.8, 4) is 0 Å². The van der Waals surface area contributed by atoms with Crippen LogP contribution in [0, 0.1) is 0 Å². The third kappa shape index (κ3) is 5.71. The van der Waals surface area contributed by atoms with Crippen LogP contribution < -0.4 is 0 Å². The van der Waals surface area contributed by atoms with E-state index >= 15 is 0 Å². The van der Waals surface area contributed by atoms with E-state index in [2.05, 4.69) is 0 Å². The van der Waals surface area contributed by atoms with E-state index in [0.717, 1.165) is 0 Å². The second-order valence-electron chi connectivity index (χ2n) is 9.96. The van der Waals surface area contributed by atoms with Crippen LogP contribution in [-0.4, -0.2) is 107 Å². The molecule has 0 aromatic rings. The summed E-state index contributed by atoms with van der Waals surface area (Å²) in [7, 11) is 0. The molecule has 0 aromatic carbocycles. The number of alkyl halides is 35. The van der Waals surface area contributed by atoms with E-state index in [4.69, 9.17) is 0 Å². The zero-order chi connectivity index (χ0) is 46.1. The molecule has 0 aliphatic rings. The van der Waals surface area contributed by atoms with Gasteiger partial charge in [-0.3, -0.25) is 4.79 Å². The Labute approximate surface area is 271 Å². The van der Waals surface area contributed by atoms with E-state index in [1.165, 1.54) is 0 Å². The van der Waals surface area contributed by atoms with Gasteiger partial charge in [0.15, 0.2) is 0 Å². The van der Waals surface area contributed by atoms with Crippen molar-refractivity contribution in [3.63, 3.8) is 0 Å². The Morgan fingerprint density at radius 1 is 0.200 bits per heavy atom. The Bertz CT molecular complexity index is 1440. The van der Waals surface area contributed by atoms with Gasteiger partial charge in [0.05, 0.1) is 0 Å². The van der Waals surface area contributed by atoms with Gasteiger partial charge in [-0.25, -0.2) is 0 Å². The fraction of sp³-hybridized carbons (Fsp3) is 0.944. The smallest absolute Gasteiger partial charge is 0.254 e. The van der Waals surface area contributed by atoms with Crippen LogP contribution in [0.3, 0.4) is 0 Å². The third-order valence-electron chi connectivity index (χ3n) is 6.52. The molecule has 0 saturated carbocycles. The van der Waals surface area contributed by atoms with Gasteiger partial charge in [-0.15, -0.1) is 0 Å². The van der Waals surface area contributed by atoms with Crippen molar-refractivity contribution >= 4 is 6.04 Å². The Morgan fingerprint density at radius 2 is 0.309 bits per heavy atom. The van der Waals surface area contributed by atoms with Gasteiger partial charge >= 0.3 is 107 Å². The minimum atomic E-state index is -10.4. The first kappa shape index (κ1) is 52.2. The minimum Gasteiger partial charge on any atom is -0.254 e. The normalized spacial score (nSPS) is 17.2. The lowest BCUT2D eigenvalue weighted by Gasteiger charge is -2.47. The topological polar surface area (TPSA) is 17.1 Å². The first-order chi connectivity index (χ1) is 22.9. The highest BCUT2D eigenvalue weighted by atomic mass is 19.4. The van der Waals surface area contributed by atoms with Crippen LogP contribution in [0.25, 0.3) is 0 Å². The summed E-state index contributed by atoms with van der Waals surface area (Å²) in [5.74, 6) is -157. The molecule has 0 heterocycles. The van der Waals surface area contributed by atoms with E-state index in [9.17, 15) is 163 Å². The molecular formula is C18F36O. The van der Waals surface area contributed by atoms with Crippen LogP contribution in [-0.2, 0) is 4.79 Å². The van der Waals surface area contributed by atoms with Gasteiger partial charge < -0.3 is 0 Å². The molecule has 0 aromatic heterocycles. The van der Waals surface area contributed by atoms with Crippen LogP contribution in [0.15, 0.2) is 0 Å². The zero-order valence-electron chi connectivity index (χ0n) is 23.0. The van der Waals surface area contributed by atoms with Crippen molar-refractivity contribution in [1.82, 2.24) is 0 Å². The molecule has 0 atom stereocenters. The van der Waals surface area contributed by atoms with Gasteiger partial charge in [-0.05, 0) is 0 Å². The Kier molecular flexibility index (Phi) is 11.7. The van der Waals surface area contributed by atoms with Crippen LogP contribution in [0.5, 0.6) is 0 Å². The van der Waals surface area contributed by atoms with Crippen LogP contribution >= 0.6 is 0 Å². The highest BCUT2D eigenvalue weighted by molar-refractivity contribution is 5.78. The molecule has 0 aliphatic heterocycles. The third-order valence-corrected chi connectivity index (χ3v) is 6.52. The van der Waals surface area contributed by atoms with Gasteiger partial charge in [0.2, 0.25) is 0 Å². The first-order valence-electron chi connectivity index (χ1n) is 11.3. The lowest BCUT2D eigenvalue weighted by atomic mass is 9.82. The molecule has 0 radical (unpaired) electrons. The molecule has 330 valence electrons. The quantitative estimate of drug-likeness (QED) is 0.111. The Balaban J connectivity index is 7.83. The first-order valence-corrected chi connectivity index (χ1v) is 11.3. The second-order valence-corrected chi connectivity index (χ2v) is 9.96. The summed E-state index contributed by atoms with van der Waals surface area (Å²) in [5.41, 5.74) is 0. The second kappa shape index (κ2) is 12.3. The molecule has 0 fully saturated rings. The van der Waals surface area contributed by atoms with E-state index in [0.29, 0.717) is 0 Å². The fourth-order valence-corrected chi connectivity index (χ4v) is 3.06. The van der Waals surface area contributed by atoms with E-state index in [1.54, 1.807) is 0 Å². The zero-order valence-corrected chi connectivity index (χ0v) is 23.0. The fourth-order valence-electron chi connectivity index (χ4n) is 3.06. The molecule has 0 amide bonds. The highest BCUT2D eigenvalue weighted by Crippen LogP contribution is 2.70. The average molecular weight is 916 g/mol. The van der Waals surface area contributed by atoms with Gasteiger partial charge in [-0.2, -0.15) is 158 Å². The summed E-state index contributed by atoms with van der Waals surface area (Å²) in [4.78, 5) is 9.73. The maximum absolute atomic E-state index is 13.8. The number of rotatable bonds is 16. The largest absolute Gasteiger partial charge is 0.460 e. The van der Waals surface area contributed by atoms with Crippen LogP contribution in [0.4, 0.5) is 158 Å². The molecule has 0 aliphatic carbocycles.